The Balaban J connectivity index is 1.99. The molecule has 1 aliphatic rings. The van der Waals surface area contributed by atoms with Crippen molar-refractivity contribution in [1.82, 2.24) is 14.6 Å². The highest BCUT2D eigenvalue weighted by Gasteiger charge is 2.32. The summed E-state index contributed by atoms with van der Waals surface area (Å²) in [5, 5.41) is 7.64. The summed E-state index contributed by atoms with van der Waals surface area (Å²) < 4.78 is 25.4. The molecule has 0 bridgehead atoms. The van der Waals surface area contributed by atoms with Gasteiger partial charge in [-0.15, -0.1) is 10.2 Å². The van der Waals surface area contributed by atoms with E-state index >= 15 is 0 Å². The first kappa shape index (κ1) is 12.3. The zero-order valence-electron chi connectivity index (χ0n) is 10.2. The second-order valence-corrected chi connectivity index (χ2v) is 7.16. The highest BCUT2D eigenvalue weighted by atomic mass is 32.2. The number of fused-ring (bicyclic) bond motifs is 1. The van der Waals surface area contributed by atoms with Crippen LogP contribution in [0.15, 0.2) is 18.3 Å². The fraction of sp³-hybridized carbons (Fsp3) is 0.417. The van der Waals surface area contributed by atoms with Crippen molar-refractivity contribution in [2.75, 3.05) is 5.75 Å². The van der Waals surface area contributed by atoms with E-state index in [1.807, 2.05) is 0 Å². The first-order valence-electron chi connectivity index (χ1n) is 6.10. The highest BCUT2D eigenvalue weighted by molar-refractivity contribution is 7.92. The van der Waals surface area contributed by atoms with Crippen LogP contribution in [0.3, 0.4) is 0 Å². The lowest BCUT2D eigenvalue weighted by atomic mass is 10.2. The average molecular weight is 279 g/mol. The molecule has 100 valence electrons. The monoisotopic (exact) mass is 279 g/mol. The summed E-state index contributed by atoms with van der Waals surface area (Å²) in [5.41, 5.74) is 1.14. The van der Waals surface area contributed by atoms with Crippen LogP contribution in [0.5, 0.6) is 0 Å². The van der Waals surface area contributed by atoms with E-state index in [0.29, 0.717) is 36.3 Å². The number of sulfone groups is 1. The zero-order valence-corrected chi connectivity index (χ0v) is 11.0. The Hall–Kier alpha value is -1.76. The molecular formula is C12H13N3O3S. The Kier molecular flexibility index (Phi) is 2.85. The number of aromatic nitrogens is 3. The third-order valence-corrected chi connectivity index (χ3v) is 5.78. The molecule has 2 aromatic rings. The molecule has 7 heteroatoms. The molecule has 3 heterocycles. The molecule has 0 aromatic carbocycles. The van der Waals surface area contributed by atoms with E-state index < -0.39 is 9.84 Å². The predicted octanol–water partition coefficient (Wildman–Crippen LogP) is 0.662. The van der Waals surface area contributed by atoms with E-state index in [-0.39, 0.29) is 11.0 Å². The number of rotatable bonds is 3. The topological polar surface area (TPSA) is 81.4 Å². The molecule has 1 unspecified atom stereocenters. The van der Waals surface area contributed by atoms with Crippen LogP contribution < -0.4 is 0 Å². The lowest BCUT2D eigenvalue weighted by Gasteiger charge is -2.07. The van der Waals surface area contributed by atoms with Crippen LogP contribution in [-0.4, -0.2) is 40.3 Å². The second kappa shape index (κ2) is 4.41. The van der Waals surface area contributed by atoms with Gasteiger partial charge in [0.1, 0.15) is 5.82 Å². The standard InChI is InChI=1S/C12H13N3O3S/c16-8-9-3-4-11-13-14-12(15(11)7-9)6-10-2-1-5-19(10,17)18/h3-4,7-8,10H,1-2,5-6H2. The van der Waals surface area contributed by atoms with Gasteiger partial charge in [-0.3, -0.25) is 9.20 Å². The lowest BCUT2D eigenvalue weighted by Crippen LogP contribution is -2.20. The van der Waals surface area contributed by atoms with Gasteiger partial charge in [0, 0.05) is 18.2 Å². The Morgan fingerprint density at radius 1 is 1.37 bits per heavy atom. The van der Waals surface area contributed by atoms with Crippen molar-refractivity contribution in [3.63, 3.8) is 0 Å². The number of hydrogen-bond acceptors (Lipinski definition) is 5. The van der Waals surface area contributed by atoms with Crippen molar-refractivity contribution >= 4 is 21.8 Å². The second-order valence-electron chi connectivity index (χ2n) is 4.76. The van der Waals surface area contributed by atoms with Gasteiger partial charge >= 0.3 is 0 Å². The molecule has 0 amide bonds. The fourth-order valence-electron chi connectivity index (χ4n) is 2.45. The molecule has 1 atom stereocenters. The number of carbonyl (C=O) groups is 1. The number of hydrogen-bond donors (Lipinski definition) is 0. The summed E-state index contributed by atoms with van der Waals surface area (Å²) in [4.78, 5) is 10.8. The van der Waals surface area contributed by atoms with Gasteiger partial charge in [0.15, 0.2) is 21.8 Å². The Labute approximate surface area is 110 Å². The average Bonchev–Trinajstić information content (AvgIpc) is 2.94. The van der Waals surface area contributed by atoms with Crippen molar-refractivity contribution in [3.05, 3.63) is 29.7 Å². The summed E-state index contributed by atoms with van der Waals surface area (Å²) >= 11 is 0. The summed E-state index contributed by atoms with van der Waals surface area (Å²) in [5.74, 6) is 0.850. The molecule has 1 fully saturated rings. The SMILES string of the molecule is O=Cc1ccc2nnc(CC3CCCS3(=O)=O)n2c1. The van der Waals surface area contributed by atoms with Gasteiger partial charge in [-0.2, -0.15) is 0 Å². The quantitative estimate of drug-likeness (QED) is 0.771. The molecule has 1 aliphatic heterocycles. The molecule has 2 aromatic heterocycles. The van der Waals surface area contributed by atoms with E-state index in [1.165, 1.54) is 0 Å². The molecule has 3 rings (SSSR count). The molecule has 0 aliphatic carbocycles. The summed E-state index contributed by atoms with van der Waals surface area (Å²) in [6.45, 7) is 0. The van der Waals surface area contributed by atoms with Crippen LogP contribution in [0, 0.1) is 0 Å². The van der Waals surface area contributed by atoms with Crippen LogP contribution in [-0.2, 0) is 16.3 Å². The van der Waals surface area contributed by atoms with Crippen LogP contribution >= 0.6 is 0 Å². The molecule has 1 saturated heterocycles. The van der Waals surface area contributed by atoms with Crippen LogP contribution in [0.25, 0.3) is 5.65 Å². The van der Waals surface area contributed by atoms with Crippen LogP contribution in [0.1, 0.15) is 29.0 Å². The van der Waals surface area contributed by atoms with E-state index in [1.54, 1.807) is 22.7 Å². The van der Waals surface area contributed by atoms with Crippen molar-refractivity contribution in [1.29, 1.82) is 0 Å². The lowest BCUT2D eigenvalue weighted by molar-refractivity contribution is 0.112. The Bertz CT molecular complexity index is 736. The summed E-state index contributed by atoms with van der Waals surface area (Å²) in [6, 6.07) is 3.36. The maximum atomic E-state index is 11.8. The summed E-state index contributed by atoms with van der Waals surface area (Å²) in [7, 11) is -3.00. The number of nitrogens with zero attached hydrogens (tertiary/aromatic N) is 3. The molecular weight excluding hydrogens is 266 g/mol. The van der Waals surface area contributed by atoms with Gasteiger partial charge in [-0.1, -0.05) is 0 Å². The third kappa shape index (κ3) is 2.14. The molecule has 6 nitrogen and oxygen atoms in total. The third-order valence-electron chi connectivity index (χ3n) is 3.50. The molecule has 19 heavy (non-hydrogen) atoms. The van der Waals surface area contributed by atoms with E-state index in [4.69, 9.17) is 0 Å². The minimum atomic E-state index is -3.00. The zero-order chi connectivity index (χ0) is 13.5. The normalized spacial score (nSPS) is 21.8. The largest absolute Gasteiger partial charge is 0.298 e. The van der Waals surface area contributed by atoms with E-state index in [2.05, 4.69) is 10.2 Å². The maximum absolute atomic E-state index is 11.8. The van der Waals surface area contributed by atoms with Crippen LogP contribution in [0.2, 0.25) is 0 Å². The van der Waals surface area contributed by atoms with E-state index in [9.17, 15) is 13.2 Å². The van der Waals surface area contributed by atoms with Gasteiger partial charge < -0.3 is 0 Å². The van der Waals surface area contributed by atoms with Crippen LogP contribution in [0.4, 0.5) is 0 Å². The Morgan fingerprint density at radius 3 is 2.89 bits per heavy atom. The van der Waals surface area contributed by atoms with Gasteiger partial charge in [0.25, 0.3) is 0 Å². The van der Waals surface area contributed by atoms with Crippen molar-refractivity contribution in [2.45, 2.75) is 24.5 Å². The number of pyridine rings is 1. The van der Waals surface area contributed by atoms with Gasteiger partial charge in [0.05, 0.1) is 11.0 Å². The van der Waals surface area contributed by atoms with Gasteiger partial charge in [0.2, 0.25) is 0 Å². The van der Waals surface area contributed by atoms with E-state index in [0.717, 1.165) is 6.29 Å². The molecule has 0 N–H and O–H groups in total. The minimum Gasteiger partial charge on any atom is -0.298 e. The first-order chi connectivity index (χ1) is 9.10. The maximum Gasteiger partial charge on any atom is 0.160 e. The van der Waals surface area contributed by atoms with Gasteiger partial charge in [-0.05, 0) is 25.0 Å². The smallest absolute Gasteiger partial charge is 0.160 e. The predicted molar refractivity (Wildman–Crippen MR) is 68.9 cm³/mol. The highest BCUT2D eigenvalue weighted by Crippen LogP contribution is 2.23. The molecule has 0 radical (unpaired) electrons. The van der Waals surface area contributed by atoms with Crippen molar-refractivity contribution in [3.8, 4) is 0 Å². The van der Waals surface area contributed by atoms with Crippen molar-refractivity contribution < 1.29 is 13.2 Å². The molecule has 0 spiro atoms. The number of carbonyl (C=O) groups excluding carboxylic acids is 1. The van der Waals surface area contributed by atoms with Gasteiger partial charge in [-0.25, -0.2) is 8.42 Å². The Morgan fingerprint density at radius 2 is 2.21 bits per heavy atom. The summed E-state index contributed by atoms with van der Waals surface area (Å²) in [6.07, 6.45) is 4.12. The minimum absolute atomic E-state index is 0.258. The van der Waals surface area contributed by atoms with Crippen molar-refractivity contribution in [2.24, 2.45) is 0 Å². The first-order valence-corrected chi connectivity index (χ1v) is 7.82. The number of aldehydes is 1. The fourth-order valence-corrected chi connectivity index (χ4v) is 4.29. The molecule has 0 saturated carbocycles.